The van der Waals surface area contributed by atoms with Crippen molar-refractivity contribution in [1.82, 2.24) is 24.2 Å². The van der Waals surface area contributed by atoms with Crippen LogP contribution in [0.3, 0.4) is 0 Å². The molecule has 1 aliphatic heterocycles. The van der Waals surface area contributed by atoms with Gasteiger partial charge in [0.05, 0.1) is 27.3 Å². The van der Waals surface area contributed by atoms with E-state index in [-0.39, 0.29) is 17.0 Å². The minimum Gasteiger partial charge on any atom is -0.444 e. The Balaban J connectivity index is 1.11. The molecule has 47 heavy (non-hydrogen) atoms. The number of nitrogens with zero attached hydrogens (tertiary/aromatic N) is 4. The molecule has 3 heterocycles. The normalized spacial score (nSPS) is 19.5. The second-order valence-corrected chi connectivity index (χ2v) is 15.8. The zero-order valence-corrected chi connectivity index (χ0v) is 28.7. The lowest BCUT2D eigenvalue weighted by Gasteiger charge is -2.35. The topological polar surface area (TPSA) is 118 Å². The molecule has 2 fully saturated rings. The Bertz CT molecular complexity index is 1820. The summed E-state index contributed by atoms with van der Waals surface area (Å²) in [7, 11) is -3.85. The van der Waals surface area contributed by atoms with Crippen LogP contribution in [0.5, 0.6) is 0 Å². The first kappa shape index (κ1) is 33.2. The molecule has 0 spiro atoms. The van der Waals surface area contributed by atoms with E-state index in [2.05, 4.69) is 15.6 Å². The molecule has 2 aromatic heterocycles. The number of fused-ring (bicyclic) bond motifs is 1. The third kappa shape index (κ3) is 7.74. The van der Waals surface area contributed by atoms with Gasteiger partial charge in [-0.1, -0.05) is 48.0 Å². The van der Waals surface area contributed by atoms with E-state index in [1.807, 2.05) is 43.9 Å². The highest BCUT2D eigenvalue weighted by Gasteiger charge is 2.29. The number of anilines is 1. The van der Waals surface area contributed by atoms with E-state index in [1.54, 1.807) is 48.8 Å². The summed E-state index contributed by atoms with van der Waals surface area (Å²) in [5.41, 5.74) is 1.17. The first-order chi connectivity index (χ1) is 22.5. The molecule has 1 amide bonds. The highest BCUT2D eigenvalue weighted by molar-refractivity contribution is 7.90. The first-order valence-corrected chi connectivity index (χ1v) is 18.2. The van der Waals surface area contributed by atoms with Crippen LogP contribution in [0, 0.1) is 5.92 Å². The Morgan fingerprint density at radius 3 is 2.45 bits per heavy atom. The molecule has 2 N–H and O–H groups in total. The van der Waals surface area contributed by atoms with Gasteiger partial charge in [0.15, 0.2) is 0 Å². The Morgan fingerprint density at radius 1 is 1.00 bits per heavy atom. The van der Waals surface area contributed by atoms with Crippen LogP contribution >= 0.6 is 11.6 Å². The number of likely N-dealkylation sites (tertiary alicyclic amines) is 1. The van der Waals surface area contributed by atoms with Crippen molar-refractivity contribution in [3.63, 3.8) is 0 Å². The maximum Gasteiger partial charge on any atom is 0.410 e. The highest BCUT2D eigenvalue weighted by atomic mass is 35.5. The lowest BCUT2D eigenvalue weighted by atomic mass is 9.90. The molecule has 4 aromatic rings. The molecule has 2 aliphatic rings. The number of rotatable bonds is 8. The first-order valence-electron chi connectivity index (χ1n) is 16.4. The van der Waals surface area contributed by atoms with Crippen molar-refractivity contribution in [2.75, 3.05) is 25.0 Å². The molecule has 6 rings (SSSR count). The van der Waals surface area contributed by atoms with Gasteiger partial charge in [0.25, 0.3) is 10.0 Å². The Hall–Kier alpha value is -3.67. The van der Waals surface area contributed by atoms with Crippen molar-refractivity contribution in [3.8, 4) is 11.3 Å². The van der Waals surface area contributed by atoms with Gasteiger partial charge in [0.2, 0.25) is 5.95 Å². The number of nitrogens with one attached hydrogen (secondary N) is 2. The molecule has 1 saturated carbocycles. The van der Waals surface area contributed by atoms with Gasteiger partial charge in [-0.15, -0.1) is 0 Å². The fraction of sp³-hybridized carbons (Fsp3) is 0.457. The number of carbonyl (C=O) groups excluding carboxylic acids is 1. The number of hydrogen-bond donors (Lipinski definition) is 2. The van der Waals surface area contributed by atoms with Crippen molar-refractivity contribution >= 4 is 44.6 Å². The molecule has 1 saturated heterocycles. The summed E-state index contributed by atoms with van der Waals surface area (Å²) < 4.78 is 34.1. The molecule has 1 unspecified atom stereocenters. The number of amides is 1. The van der Waals surface area contributed by atoms with Gasteiger partial charge in [-0.2, -0.15) is 0 Å². The van der Waals surface area contributed by atoms with Crippen molar-refractivity contribution in [3.05, 3.63) is 72.0 Å². The van der Waals surface area contributed by atoms with Crippen LogP contribution in [0.25, 0.3) is 22.2 Å². The molecular formula is C35H43ClN6O4S. The van der Waals surface area contributed by atoms with Crippen LogP contribution < -0.4 is 10.6 Å². The van der Waals surface area contributed by atoms with Crippen LogP contribution in [0.4, 0.5) is 10.7 Å². The van der Waals surface area contributed by atoms with Crippen molar-refractivity contribution in [1.29, 1.82) is 0 Å². The molecule has 12 heteroatoms. The van der Waals surface area contributed by atoms with Gasteiger partial charge >= 0.3 is 6.09 Å². The zero-order valence-electron chi connectivity index (χ0n) is 27.2. The Kier molecular flexibility index (Phi) is 9.77. The predicted octanol–water partition coefficient (Wildman–Crippen LogP) is 6.95. The van der Waals surface area contributed by atoms with E-state index in [0.717, 1.165) is 63.5 Å². The van der Waals surface area contributed by atoms with E-state index in [1.165, 1.54) is 3.97 Å². The second-order valence-electron chi connectivity index (χ2n) is 13.6. The number of hydrogen-bond acceptors (Lipinski definition) is 8. The third-order valence-corrected chi connectivity index (χ3v) is 10.9. The van der Waals surface area contributed by atoms with E-state index in [9.17, 15) is 13.2 Å². The molecule has 0 radical (unpaired) electrons. The standard InChI is InChI=1S/C35H43ClN6O4S/c1-35(2,3)46-34(43)41-18-16-24(17-19-41)21-37-25-10-9-11-26(20-25)39-33-38-22-30(36)32(40-33)29-23-42(31-15-8-7-14-28(29)31)47(44,45)27-12-5-4-6-13-27/h4-8,12-15,22-26,37H,9-11,16-21H2,1-3H3,(H,38,39,40)/t25-,26?/m0/s1. The maximum absolute atomic E-state index is 13.6. The number of piperidine rings is 1. The van der Waals surface area contributed by atoms with Crippen molar-refractivity contribution in [2.24, 2.45) is 5.92 Å². The highest BCUT2D eigenvalue weighted by Crippen LogP contribution is 2.36. The van der Waals surface area contributed by atoms with E-state index < -0.39 is 15.6 Å². The maximum atomic E-state index is 13.6. The van der Waals surface area contributed by atoms with Gasteiger partial charge < -0.3 is 20.3 Å². The summed E-state index contributed by atoms with van der Waals surface area (Å²) in [4.78, 5) is 23.8. The zero-order chi connectivity index (χ0) is 33.2. The number of benzene rings is 2. The van der Waals surface area contributed by atoms with Crippen molar-refractivity contribution in [2.45, 2.75) is 81.9 Å². The van der Waals surface area contributed by atoms with E-state index in [0.29, 0.717) is 39.7 Å². The third-order valence-electron chi connectivity index (χ3n) is 8.95. The fourth-order valence-electron chi connectivity index (χ4n) is 6.54. The minimum atomic E-state index is -3.85. The average molecular weight is 679 g/mol. The molecular weight excluding hydrogens is 636 g/mol. The molecule has 2 atom stereocenters. The van der Waals surface area contributed by atoms with Crippen LogP contribution in [0.1, 0.15) is 59.3 Å². The predicted molar refractivity (Wildman–Crippen MR) is 185 cm³/mol. The number of ether oxygens (including phenoxy) is 1. The number of carbonyl (C=O) groups is 1. The average Bonchev–Trinajstić information content (AvgIpc) is 3.45. The van der Waals surface area contributed by atoms with Crippen LogP contribution in [-0.2, 0) is 14.8 Å². The Labute approximate surface area is 281 Å². The van der Waals surface area contributed by atoms with Crippen LogP contribution in [-0.4, -0.2) is 70.7 Å². The fourth-order valence-corrected chi connectivity index (χ4v) is 8.12. The van der Waals surface area contributed by atoms with E-state index in [4.69, 9.17) is 21.3 Å². The molecule has 10 nitrogen and oxygen atoms in total. The second kappa shape index (κ2) is 13.8. The summed E-state index contributed by atoms with van der Waals surface area (Å²) in [6, 6.07) is 16.3. The van der Waals surface area contributed by atoms with Gasteiger partial charge in [0, 0.05) is 42.3 Å². The van der Waals surface area contributed by atoms with E-state index >= 15 is 0 Å². The minimum absolute atomic E-state index is 0.184. The summed E-state index contributed by atoms with van der Waals surface area (Å²) >= 11 is 6.66. The molecule has 2 aromatic carbocycles. The lowest BCUT2D eigenvalue weighted by molar-refractivity contribution is 0.0182. The van der Waals surface area contributed by atoms with Gasteiger partial charge in [-0.05, 0) is 90.0 Å². The largest absolute Gasteiger partial charge is 0.444 e. The van der Waals surface area contributed by atoms with Crippen LogP contribution in [0.2, 0.25) is 5.02 Å². The lowest BCUT2D eigenvalue weighted by Crippen LogP contribution is -2.45. The van der Waals surface area contributed by atoms with Gasteiger partial charge in [-0.3, -0.25) is 0 Å². The summed E-state index contributed by atoms with van der Waals surface area (Å²) in [5, 5.41) is 8.40. The summed E-state index contributed by atoms with van der Waals surface area (Å²) in [6.07, 6.45) is 9.01. The Morgan fingerprint density at radius 2 is 1.70 bits per heavy atom. The quantitative estimate of drug-likeness (QED) is 0.206. The monoisotopic (exact) mass is 678 g/mol. The van der Waals surface area contributed by atoms with Gasteiger partial charge in [0.1, 0.15) is 5.60 Å². The molecule has 0 bridgehead atoms. The molecule has 1 aliphatic carbocycles. The van der Waals surface area contributed by atoms with Crippen molar-refractivity contribution < 1.29 is 17.9 Å². The SMILES string of the molecule is CC(C)(C)OC(=O)N1CCC(CN[C@H]2CCCC(Nc3ncc(Cl)c(-c4cn(S(=O)(=O)c5ccccc5)c5ccccc45)n3)C2)CC1. The number of para-hydroxylation sites is 1. The summed E-state index contributed by atoms with van der Waals surface area (Å²) in [6.45, 7) is 8.07. The smallest absolute Gasteiger partial charge is 0.410 e. The van der Waals surface area contributed by atoms with Crippen LogP contribution in [0.15, 0.2) is 71.9 Å². The summed E-state index contributed by atoms with van der Waals surface area (Å²) in [5.74, 6) is 0.990. The number of aromatic nitrogens is 3. The number of halogens is 1. The molecule has 250 valence electrons. The van der Waals surface area contributed by atoms with Gasteiger partial charge in [-0.25, -0.2) is 27.2 Å².